The molecule has 1 aromatic rings. The SMILES string of the molecule is CCCS(=O)(=O)N1CCO[C@H]2[C@@H](OCc3ccncc3)CC[C@@H]21.O=C(O)C(F)(F)F. The van der Waals surface area contributed by atoms with Gasteiger partial charge >= 0.3 is 12.1 Å². The second-order valence-electron chi connectivity index (χ2n) is 6.91. The topological polar surface area (TPSA) is 106 Å². The number of alkyl halides is 3. The minimum Gasteiger partial charge on any atom is -0.475 e. The first-order chi connectivity index (χ1) is 14.1. The number of pyridine rings is 1. The second-order valence-corrected chi connectivity index (χ2v) is 8.96. The van der Waals surface area contributed by atoms with E-state index in [4.69, 9.17) is 19.4 Å². The number of hydrogen-bond acceptors (Lipinski definition) is 6. The number of nitrogens with zero attached hydrogens (tertiary/aromatic N) is 2. The number of halogens is 3. The molecule has 30 heavy (non-hydrogen) atoms. The fourth-order valence-corrected chi connectivity index (χ4v) is 5.20. The molecule has 0 unspecified atom stereocenters. The van der Waals surface area contributed by atoms with Crippen molar-refractivity contribution < 1.29 is 41.0 Å². The molecule has 1 N–H and O–H groups in total. The van der Waals surface area contributed by atoms with Crippen LogP contribution in [0.3, 0.4) is 0 Å². The van der Waals surface area contributed by atoms with Gasteiger partial charge in [0.05, 0.1) is 31.1 Å². The number of carbonyl (C=O) groups is 1. The van der Waals surface area contributed by atoms with Gasteiger partial charge in [0.25, 0.3) is 0 Å². The van der Waals surface area contributed by atoms with Gasteiger partial charge in [0.1, 0.15) is 6.10 Å². The van der Waals surface area contributed by atoms with Crippen LogP contribution in [0.4, 0.5) is 13.2 Å². The number of fused-ring (bicyclic) bond motifs is 1. The summed E-state index contributed by atoms with van der Waals surface area (Å²) in [6, 6.07) is 3.76. The maximum atomic E-state index is 12.4. The molecule has 8 nitrogen and oxygen atoms in total. The average Bonchev–Trinajstić information content (AvgIpc) is 3.10. The van der Waals surface area contributed by atoms with E-state index in [2.05, 4.69) is 4.98 Å². The van der Waals surface area contributed by atoms with Crippen LogP contribution in [0.5, 0.6) is 0 Å². The fourth-order valence-electron chi connectivity index (χ4n) is 3.46. The van der Waals surface area contributed by atoms with Crippen LogP contribution in [-0.4, -0.2) is 72.1 Å². The average molecular weight is 454 g/mol. The van der Waals surface area contributed by atoms with Gasteiger partial charge in [-0.1, -0.05) is 6.92 Å². The number of morpholine rings is 1. The standard InChI is InChI=1S/C16H24N2O4S.C2HF3O2/c1-2-11-23(19,20)18-9-10-21-16-14(18)3-4-15(16)22-12-13-5-7-17-8-6-13;3-2(4,5)1(6)7/h5-8,14-16H,2-4,9-12H2,1H3;(H,6,7)/t14-,15-,16+;/m0./s1. The van der Waals surface area contributed by atoms with Gasteiger partial charge in [-0.2, -0.15) is 17.5 Å². The molecule has 0 bridgehead atoms. The fraction of sp³-hybridized carbons (Fsp3) is 0.667. The number of rotatable bonds is 6. The molecule has 1 aromatic heterocycles. The van der Waals surface area contributed by atoms with Crippen LogP contribution in [0.25, 0.3) is 0 Å². The maximum Gasteiger partial charge on any atom is 0.490 e. The minimum absolute atomic E-state index is 0.0483. The van der Waals surface area contributed by atoms with Gasteiger partial charge in [-0.25, -0.2) is 13.2 Å². The molecule has 1 aliphatic carbocycles. The van der Waals surface area contributed by atoms with E-state index in [9.17, 15) is 21.6 Å². The van der Waals surface area contributed by atoms with Crippen molar-refractivity contribution in [1.29, 1.82) is 0 Å². The lowest BCUT2D eigenvalue weighted by molar-refractivity contribution is -0.192. The zero-order chi connectivity index (χ0) is 22.4. The van der Waals surface area contributed by atoms with Crippen molar-refractivity contribution in [3.8, 4) is 0 Å². The summed E-state index contributed by atoms with van der Waals surface area (Å²) in [5.41, 5.74) is 1.06. The summed E-state index contributed by atoms with van der Waals surface area (Å²) in [6.45, 7) is 3.30. The van der Waals surface area contributed by atoms with Crippen molar-refractivity contribution in [3.05, 3.63) is 30.1 Å². The Kier molecular flexibility index (Phi) is 8.59. The summed E-state index contributed by atoms with van der Waals surface area (Å²) in [7, 11) is -3.19. The number of aliphatic carboxylic acids is 1. The van der Waals surface area contributed by atoms with E-state index in [1.807, 2.05) is 19.1 Å². The summed E-state index contributed by atoms with van der Waals surface area (Å²) in [5, 5.41) is 7.12. The highest BCUT2D eigenvalue weighted by molar-refractivity contribution is 7.89. The molecule has 3 atom stereocenters. The Hall–Kier alpha value is -1.76. The summed E-state index contributed by atoms with van der Waals surface area (Å²) in [5.74, 6) is -2.55. The lowest BCUT2D eigenvalue weighted by Gasteiger charge is -2.38. The largest absolute Gasteiger partial charge is 0.490 e. The minimum atomic E-state index is -5.08. The summed E-state index contributed by atoms with van der Waals surface area (Å²) >= 11 is 0. The molecular weight excluding hydrogens is 429 g/mol. The van der Waals surface area contributed by atoms with Gasteiger partial charge in [-0.15, -0.1) is 0 Å². The summed E-state index contributed by atoms with van der Waals surface area (Å²) in [6.07, 6.45) is 0.468. The number of carboxylic acid groups (broad SMARTS) is 1. The van der Waals surface area contributed by atoms with E-state index in [0.29, 0.717) is 26.2 Å². The van der Waals surface area contributed by atoms with Crippen molar-refractivity contribution in [1.82, 2.24) is 9.29 Å². The molecule has 170 valence electrons. The maximum absolute atomic E-state index is 12.4. The zero-order valence-corrected chi connectivity index (χ0v) is 17.2. The van der Waals surface area contributed by atoms with E-state index in [-0.39, 0.29) is 24.0 Å². The normalized spacial score (nSPS) is 24.6. The van der Waals surface area contributed by atoms with Crippen LogP contribution >= 0.6 is 0 Å². The molecule has 0 amide bonds. The molecule has 3 rings (SSSR count). The van der Waals surface area contributed by atoms with Crippen LogP contribution < -0.4 is 0 Å². The highest BCUT2D eigenvalue weighted by atomic mass is 32.2. The number of carboxylic acids is 1. The van der Waals surface area contributed by atoms with Crippen molar-refractivity contribution >= 4 is 16.0 Å². The number of hydrogen-bond donors (Lipinski definition) is 1. The second kappa shape index (κ2) is 10.5. The molecule has 2 aliphatic rings. The van der Waals surface area contributed by atoms with Crippen LogP contribution in [0, 0.1) is 0 Å². The first kappa shape index (κ1) is 24.5. The Morgan fingerprint density at radius 3 is 2.53 bits per heavy atom. The Balaban J connectivity index is 0.000000396. The van der Waals surface area contributed by atoms with E-state index in [1.165, 1.54) is 0 Å². The molecule has 0 radical (unpaired) electrons. The van der Waals surface area contributed by atoms with Crippen molar-refractivity contribution in [2.24, 2.45) is 0 Å². The monoisotopic (exact) mass is 454 g/mol. The van der Waals surface area contributed by atoms with Crippen molar-refractivity contribution in [3.63, 3.8) is 0 Å². The highest BCUT2D eigenvalue weighted by Crippen LogP contribution is 2.34. The third kappa shape index (κ3) is 6.62. The van der Waals surface area contributed by atoms with Gasteiger partial charge in [0.15, 0.2) is 0 Å². The molecule has 12 heteroatoms. The number of sulfonamides is 1. The molecule has 0 aromatic carbocycles. The van der Waals surface area contributed by atoms with Gasteiger partial charge in [-0.05, 0) is 37.0 Å². The predicted octanol–water partition coefficient (Wildman–Crippen LogP) is 2.20. The summed E-state index contributed by atoms with van der Waals surface area (Å²) < 4.78 is 70.1. The number of ether oxygens (including phenoxy) is 2. The molecule has 0 spiro atoms. The first-order valence-electron chi connectivity index (χ1n) is 9.48. The lowest BCUT2D eigenvalue weighted by atomic mass is 10.1. The molecule has 1 saturated heterocycles. The quantitative estimate of drug-likeness (QED) is 0.702. The first-order valence-corrected chi connectivity index (χ1v) is 11.1. The van der Waals surface area contributed by atoms with Gasteiger partial charge in [0, 0.05) is 18.9 Å². The highest BCUT2D eigenvalue weighted by Gasteiger charge is 2.46. The Morgan fingerprint density at radius 2 is 1.97 bits per heavy atom. The van der Waals surface area contributed by atoms with Crippen molar-refractivity contribution in [2.45, 2.75) is 57.2 Å². The molecule has 2 fully saturated rings. The van der Waals surface area contributed by atoms with E-state index < -0.39 is 22.2 Å². The predicted molar refractivity (Wildman–Crippen MR) is 100 cm³/mol. The summed E-state index contributed by atoms with van der Waals surface area (Å²) in [4.78, 5) is 12.9. The van der Waals surface area contributed by atoms with Gasteiger partial charge in [-0.3, -0.25) is 4.98 Å². The zero-order valence-electron chi connectivity index (χ0n) is 16.4. The van der Waals surface area contributed by atoms with Crippen LogP contribution in [-0.2, 0) is 30.9 Å². The Labute approximate surface area is 173 Å². The lowest BCUT2D eigenvalue weighted by Crippen LogP contribution is -2.54. The molecular formula is C18H25F3N2O6S. The van der Waals surface area contributed by atoms with Gasteiger partial charge < -0.3 is 14.6 Å². The van der Waals surface area contributed by atoms with Crippen LogP contribution in [0.2, 0.25) is 0 Å². The molecule has 1 aliphatic heterocycles. The number of aromatic nitrogens is 1. The molecule has 1 saturated carbocycles. The van der Waals surface area contributed by atoms with E-state index in [0.717, 1.165) is 18.4 Å². The third-order valence-corrected chi connectivity index (χ3v) is 6.85. The van der Waals surface area contributed by atoms with E-state index in [1.54, 1.807) is 16.7 Å². The Morgan fingerprint density at radius 1 is 1.33 bits per heavy atom. The molecule has 2 heterocycles. The smallest absolute Gasteiger partial charge is 0.475 e. The van der Waals surface area contributed by atoms with Crippen molar-refractivity contribution in [2.75, 3.05) is 18.9 Å². The third-order valence-electron chi connectivity index (χ3n) is 4.76. The van der Waals surface area contributed by atoms with Crippen LogP contribution in [0.1, 0.15) is 31.7 Å². The van der Waals surface area contributed by atoms with Gasteiger partial charge in [0.2, 0.25) is 10.0 Å². The Bertz CT molecular complexity index is 791. The van der Waals surface area contributed by atoms with E-state index >= 15 is 0 Å². The van der Waals surface area contributed by atoms with Crippen LogP contribution in [0.15, 0.2) is 24.5 Å².